The summed E-state index contributed by atoms with van der Waals surface area (Å²) in [7, 11) is 0. The number of nitrogens with zero attached hydrogens (tertiary/aromatic N) is 2. The predicted octanol–water partition coefficient (Wildman–Crippen LogP) is 2.40. The highest BCUT2D eigenvalue weighted by molar-refractivity contribution is 8.00. The molecule has 3 nitrogen and oxygen atoms in total. The van der Waals surface area contributed by atoms with E-state index < -0.39 is 0 Å². The van der Waals surface area contributed by atoms with E-state index in [1.807, 2.05) is 20.0 Å². The Kier molecular flexibility index (Phi) is 3.46. The van der Waals surface area contributed by atoms with Crippen LogP contribution in [-0.2, 0) is 0 Å². The van der Waals surface area contributed by atoms with Gasteiger partial charge in [-0.25, -0.2) is 4.98 Å². The Morgan fingerprint density at radius 2 is 2.40 bits per heavy atom. The van der Waals surface area contributed by atoms with Crippen molar-refractivity contribution in [1.29, 1.82) is 0 Å². The molecule has 0 bridgehead atoms. The Morgan fingerprint density at radius 1 is 1.53 bits per heavy atom. The van der Waals surface area contributed by atoms with Crippen LogP contribution in [0.15, 0.2) is 6.20 Å². The van der Waals surface area contributed by atoms with Gasteiger partial charge in [-0.1, -0.05) is 0 Å². The molecule has 1 atom stereocenters. The number of thioether (sulfide) groups is 1. The van der Waals surface area contributed by atoms with Gasteiger partial charge in [-0.05, 0) is 32.4 Å². The maximum absolute atomic E-state index is 4.45. The molecule has 1 aliphatic rings. The van der Waals surface area contributed by atoms with Gasteiger partial charge in [-0.3, -0.25) is 4.98 Å². The van der Waals surface area contributed by atoms with E-state index in [4.69, 9.17) is 0 Å². The molecule has 0 spiro atoms. The number of nitrogens with one attached hydrogen (secondary N) is 1. The molecule has 0 saturated carbocycles. The Balaban J connectivity index is 1.94. The molecule has 0 radical (unpaired) electrons. The van der Waals surface area contributed by atoms with Crippen LogP contribution in [-0.4, -0.2) is 27.5 Å². The summed E-state index contributed by atoms with van der Waals surface area (Å²) < 4.78 is 0. The van der Waals surface area contributed by atoms with E-state index in [9.17, 15) is 0 Å². The van der Waals surface area contributed by atoms with E-state index in [2.05, 4.69) is 27.0 Å². The monoisotopic (exact) mass is 223 g/mol. The fraction of sp³-hybridized carbons (Fsp3) is 0.636. The maximum atomic E-state index is 4.45. The number of aryl methyl sites for hydroxylation is 2. The summed E-state index contributed by atoms with van der Waals surface area (Å²) in [6.07, 6.45) is 4.50. The molecule has 0 amide bonds. The summed E-state index contributed by atoms with van der Waals surface area (Å²) in [5.74, 6) is 2.26. The minimum atomic E-state index is 0.756. The van der Waals surface area contributed by atoms with Crippen molar-refractivity contribution in [2.45, 2.75) is 31.9 Å². The molecule has 1 aromatic rings. The average molecular weight is 223 g/mol. The summed E-state index contributed by atoms with van der Waals surface area (Å²) in [5.41, 5.74) is 1.96. The zero-order valence-corrected chi connectivity index (χ0v) is 10.1. The molecule has 1 aliphatic heterocycles. The van der Waals surface area contributed by atoms with Crippen LogP contribution >= 0.6 is 11.8 Å². The maximum Gasteiger partial charge on any atom is 0.147 e. The quantitative estimate of drug-likeness (QED) is 0.854. The molecule has 4 heteroatoms. The lowest BCUT2D eigenvalue weighted by molar-refractivity contribution is 0.801. The number of anilines is 1. The second-order valence-electron chi connectivity index (χ2n) is 3.96. The Hall–Kier alpha value is -0.770. The number of aromatic nitrogens is 2. The Labute approximate surface area is 95.1 Å². The lowest BCUT2D eigenvalue weighted by atomic mass is 10.2. The van der Waals surface area contributed by atoms with Gasteiger partial charge >= 0.3 is 0 Å². The molecule has 1 N–H and O–H groups in total. The topological polar surface area (TPSA) is 37.8 Å². The molecule has 82 valence electrons. The molecular formula is C11H17N3S. The normalized spacial score (nSPS) is 20.5. The number of rotatable bonds is 3. The first-order valence-corrected chi connectivity index (χ1v) is 6.46. The van der Waals surface area contributed by atoms with Gasteiger partial charge in [-0.2, -0.15) is 11.8 Å². The molecule has 0 aromatic carbocycles. The minimum absolute atomic E-state index is 0.756. The van der Waals surface area contributed by atoms with Crippen molar-refractivity contribution in [3.05, 3.63) is 17.6 Å². The van der Waals surface area contributed by atoms with E-state index in [1.165, 1.54) is 18.6 Å². The van der Waals surface area contributed by atoms with Crippen LogP contribution in [0.1, 0.15) is 24.2 Å². The molecule has 1 fully saturated rings. The van der Waals surface area contributed by atoms with Crippen LogP contribution in [0.3, 0.4) is 0 Å². The van der Waals surface area contributed by atoms with Crippen molar-refractivity contribution < 1.29 is 0 Å². The average Bonchev–Trinajstić information content (AvgIpc) is 2.72. The second kappa shape index (κ2) is 4.84. The zero-order valence-electron chi connectivity index (χ0n) is 9.29. The van der Waals surface area contributed by atoms with Gasteiger partial charge in [0.2, 0.25) is 0 Å². The molecule has 0 aliphatic carbocycles. The Morgan fingerprint density at radius 3 is 3.13 bits per heavy atom. The smallest absolute Gasteiger partial charge is 0.147 e. The van der Waals surface area contributed by atoms with Crippen molar-refractivity contribution in [2.24, 2.45) is 0 Å². The Bertz CT molecular complexity index is 335. The highest BCUT2D eigenvalue weighted by Gasteiger charge is 2.15. The van der Waals surface area contributed by atoms with Gasteiger partial charge in [-0.15, -0.1) is 0 Å². The van der Waals surface area contributed by atoms with Gasteiger partial charge in [0, 0.05) is 18.0 Å². The number of hydrogen-bond donors (Lipinski definition) is 1. The van der Waals surface area contributed by atoms with Gasteiger partial charge in [0.25, 0.3) is 0 Å². The zero-order chi connectivity index (χ0) is 10.7. The summed E-state index contributed by atoms with van der Waals surface area (Å²) in [4.78, 5) is 8.74. The van der Waals surface area contributed by atoms with Crippen LogP contribution in [0.25, 0.3) is 0 Å². The van der Waals surface area contributed by atoms with Gasteiger partial charge in [0.15, 0.2) is 0 Å². The van der Waals surface area contributed by atoms with Crippen LogP contribution in [0.5, 0.6) is 0 Å². The molecule has 2 rings (SSSR count). The minimum Gasteiger partial charge on any atom is -0.367 e. The second-order valence-corrected chi connectivity index (χ2v) is 5.37. The van der Waals surface area contributed by atoms with Crippen molar-refractivity contribution in [1.82, 2.24) is 9.97 Å². The van der Waals surface area contributed by atoms with E-state index >= 15 is 0 Å². The summed E-state index contributed by atoms with van der Waals surface area (Å²) >= 11 is 2.06. The molecular weight excluding hydrogens is 206 g/mol. The SMILES string of the molecule is Cc1cnc(C)c(NCC2CCCS2)n1. The van der Waals surface area contributed by atoms with Crippen LogP contribution < -0.4 is 5.32 Å². The van der Waals surface area contributed by atoms with Crippen molar-refractivity contribution in [3.63, 3.8) is 0 Å². The lowest BCUT2D eigenvalue weighted by Crippen LogP contribution is -2.15. The predicted molar refractivity (Wildman–Crippen MR) is 65.5 cm³/mol. The van der Waals surface area contributed by atoms with Crippen molar-refractivity contribution in [2.75, 3.05) is 17.6 Å². The fourth-order valence-corrected chi connectivity index (χ4v) is 2.92. The highest BCUT2D eigenvalue weighted by atomic mass is 32.2. The van der Waals surface area contributed by atoms with Crippen molar-refractivity contribution >= 4 is 17.6 Å². The first-order chi connectivity index (χ1) is 7.25. The van der Waals surface area contributed by atoms with E-state index in [-0.39, 0.29) is 0 Å². The van der Waals surface area contributed by atoms with Gasteiger partial charge in [0.1, 0.15) is 5.82 Å². The first-order valence-electron chi connectivity index (χ1n) is 5.41. The summed E-state index contributed by atoms with van der Waals surface area (Å²) in [6, 6.07) is 0. The largest absolute Gasteiger partial charge is 0.367 e. The summed E-state index contributed by atoms with van der Waals surface area (Å²) in [6.45, 7) is 4.99. The first kappa shape index (κ1) is 10.7. The van der Waals surface area contributed by atoms with E-state index in [0.717, 1.165) is 29.0 Å². The molecule has 2 heterocycles. The van der Waals surface area contributed by atoms with Crippen LogP contribution in [0.4, 0.5) is 5.82 Å². The molecule has 1 aromatic heterocycles. The van der Waals surface area contributed by atoms with Gasteiger partial charge in [0.05, 0.1) is 11.4 Å². The molecule has 15 heavy (non-hydrogen) atoms. The van der Waals surface area contributed by atoms with E-state index in [1.54, 1.807) is 0 Å². The third kappa shape index (κ3) is 2.84. The molecule has 1 saturated heterocycles. The lowest BCUT2D eigenvalue weighted by Gasteiger charge is -2.12. The summed E-state index contributed by atoms with van der Waals surface area (Å²) in [5, 5.41) is 4.16. The highest BCUT2D eigenvalue weighted by Crippen LogP contribution is 2.26. The fourth-order valence-electron chi connectivity index (χ4n) is 1.72. The van der Waals surface area contributed by atoms with Crippen LogP contribution in [0.2, 0.25) is 0 Å². The third-order valence-corrected chi connectivity index (χ3v) is 4.00. The standard InChI is InChI=1S/C11H17N3S/c1-8-6-12-9(2)11(14-8)13-7-10-4-3-5-15-10/h6,10H,3-5,7H2,1-2H3,(H,13,14). The third-order valence-electron chi connectivity index (χ3n) is 2.60. The molecule has 1 unspecified atom stereocenters. The van der Waals surface area contributed by atoms with E-state index in [0.29, 0.717) is 0 Å². The van der Waals surface area contributed by atoms with Gasteiger partial charge < -0.3 is 5.32 Å². The number of hydrogen-bond acceptors (Lipinski definition) is 4. The van der Waals surface area contributed by atoms with Crippen LogP contribution in [0, 0.1) is 13.8 Å². The van der Waals surface area contributed by atoms with Crippen molar-refractivity contribution in [3.8, 4) is 0 Å².